The summed E-state index contributed by atoms with van der Waals surface area (Å²) >= 11 is 0. The smallest absolute Gasteiger partial charge is 0.253 e. The van der Waals surface area contributed by atoms with Crippen LogP contribution in [0.15, 0.2) is 18.2 Å². The van der Waals surface area contributed by atoms with Crippen LogP contribution in [0.1, 0.15) is 43.1 Å². The molecule has 2 rings (SSSR count). The van der Waals surface area contributed by atoms with Gasteiger partial charge in [-0.05, 0) is 30.5 Å². The SMILES string of the molecule is CCC(C)CN(CC)C(=O)c1ccc2c(c1)NC(=O)C2. The van der Waals surface area contributed by atoms with E-state index in [1.54, 1.807) is 6.07 Å². The zero-order valence-corrected chi connectivity index (χ0v) is 12.4. The number of hydrogen-bond donors (Lipinski definition) is 1. The van der Waals surface area contributed by atoms with Crippen LogP contribution in [0.2, 0.25) is 0 Å². The molecule has 1 unspecified atom stereocenters. The fourth-order valence-electron chi connectivity index (χ4n) is 2.39. The average molecular weight is 274 g/mol. The molecule has 1 aliphatic rings. The molecule has 0 saturated carbocycles. The first kappa shape index (κ1) is 14.6. The van der Waals surface area contributed by atoms with E-state index in [1.165, 1.54) is 0 Å². The van der Waals surface area contributed by atoms with Crippen molar-refractivity contribution in [3.05, 3.63) is 29.3 Å². The lowest BCUT2D eigenvalue weighted by molar-refractivity contribution is -0.115. The Balaban J connectivity index is 2.16. The Hall–Kier alpha value is -1.84. The van der Waals surface area contributed by atoms with Crippen LogP contribution in [0, 0.1) is 5.92 Å². The highest BCUT2D eigenvalue weighted by Gasteiger charge is 2.21. The predicted molar refractivity (Wildman–Crippen MR) is 79.8 cm³/mol. The van der Waals surface area contributed by atoms with E-state index in [0.717, 1.165) is 24.2 Å². The van der Waals surface area contributed by atoms with Crippen molar-refractivity contribution in [3.8, 4) is 0 Å². The van der Waals surface area contributed by atoms with Crippen LogP contribution in [0.25, 0.3) is 0 Å². The van der Waals surface area contributed by atoms with Crippen molar-refractivity contribution in [2.75, 3.05) is 18.4 Å². The third-order valence-corrected chi connectivity index (χ3v) is 3.88. The standard InChI is InChI=1S/C16H22N2O2/c1-4-11(3)10-18(5-2)16(20)13-7-6-12-9-15(19)17-14(12)8-13/h6-8,11H,4-5,9-10H2,1-3H3,(H,17,19). The van der Waals surface area contributed by atoms with Crippen LogP contribution in [-0.2, 0) is 11.2 Å². The number of anilines is 1. The lowest BCUT2D eigenvalue weighted by Crippen LogP contribution is -2.34. The average Bonchev–Trinajstić information content (AvgIpc) is 2.82. The molecular formula is C16H22N2O2. The molecule has 1 aromatic rings. The number of carbonyl (C=O) groups excluding carboxylic acids is 2. The van der Waals surface area contributed by atoms with Gasteiger partial charge in [0.15, 0.2) is 0 Å². The van der Waals surface area contributed by atoms with Gasteiger partial charge in [0, 0.05) is 24.3 Å². The molecule has 0 bridgehead atoms. The summed E-state index contributed by atoms with van der Waals surface area (Å²) < 4.78 is 0. The number of amides is 2. The Morgan fingerprint density at radius 2 is 2.15 bits per heavy atom. The number of nitrogens with zero attached hydrogens (tertiary/aromatic N) is 1. The first-order valence-corrected chi connectivity index (χ1v) is 7.27. The summed E-state index contributed by atoms with van der Waals surface area (Å²) in [5.41, 5.74) is 2.40. The minimum absolute atomic E-state index is 0.00319. The largest absolute Gasteiger partial charge is 0.339 e. The number of fused-ring (bicyclic) bond motifs is 1. The van der Waals surface area contributed by atoms with Crippen LogP contribution >= 0.6 is 0 Å². The lowest BCUT2D eigenvalue weighted by Gasteiger charge is -2.24. The molecule has 1 atom stereocenters. The fraction of sp³-hybridized carbons (Fsp3) is 0.500. The van der Waals surface area contributed by atoms with E-state index < -0.39 is 0 Å². The van der Waals surface area contributed by atoms with Gasteiger partial charge < -0.3 is 10.2 Å². The van der Waals surface area contributed by atoms with Crippen molar-refractivity contribution in [1.29, 1.82) is 0 Å². The van der Waals surface area contributed by atoms with Crippen LogP contribution in [0.3, 0.4) is 0 Å². The number of rotatable bonds is 5. The molecule has 1 aliphatic heterocycles. The first-order valence-electron chi connectivity index (χ1n) is 7.27. The molecule has 0 aromatic heterocycles. The summed E-state index contributed by atoms with van der Waals surface area (Å²) in [6.07, 6.45) is 1.47. The van der Waals surface area contributed by atoms with Crippen molar-refractivity contribution in [1.82, 2.24) is 4.90 Å². The highest BCUT2D eigenvalue weighted by molar-refractivity contribution is 6.02. The molecule has 1 N–H and O–H groups in total. The molecule has 0 spiro atoms. The van der Waals surface area contributed by atoms with Gasteiger partial charge in [0.2, 0.25) is 5.91 Å². The summed E-state index contributed by atoms with van der Waals surface area (Å²) in [5.74, 6) is 0.529. The van der Waals surface area contributed by atoms with Crippen molar-refractivity contribution >= 4 is 17.5 Å². The number of benzene rings is 1. The van der Waals surface area contributed by atoms with Crippen molar-refractivity contribution in [2.45, 2.75) is 33.6 Å². The van der Waals surface area contributed by atoms with E-state index in [9.17, 15) is 9.59 Å². The van der Waals surface area contributed by atoms with Gasteiger partial charge in [0.1, 0.15) is 0 Å². The van der Waals surface area contributed by atoms with Gasteiger partial charge in [0.25, 0.3) is 5.91 Å². The van der Waals surface area contributed by atoms with Crippen LogP contribution in [-0.4, -0.2) is 29.8 Å². The molecule has 20 heavy (non-hydrogen) atoms. The highest BCUT2D eigenvalue weighted by Crippen LogP contribution is 2.24. The van der Waals surface area contributed by atoms with E-state index >= 15 is 0 Å². The molecule has 108 valence electrons. The Morgan fingerprint density at radius 3 is 2.80 bits per heavy atom. The molecular weight excluding hydrogens is 252 g/mol. The molecule has 0 aliphatic carbocycles. The van der Waals surface area contributed by atoms with Crippen LogP contribution in [0.5, 0.6) is 0 Å². The number of hydrogen-bond acceptors (Lipinski definition) is 2. The monoisotopic (exact) mass is 274 g/mol. The Morgan fingerprint density at radius 1 is 1.40 bits per heavy atom. The van der Waals surface area contributed by atoms with Gasteiger partial charge >= 0.3 is 0 Å². The molecule has 4 heteroatoms. The Bertz CT molecular complexity index is 525. The number of nitrogens with one attached hydrogen (secondary N) is 1. The normalized spacial score (nSPS) is 14.7. The van der Waals surface area contributed by atoms with E-state index in [-0.39, 0.29) is 11.8 Å². The van der Waals surface area contributed by atoms with Crippen LogP contribution < -0.4 is 5.32 Å². The second-order valence-corrected chi connectivity index (χ2v) is 5.45. The van der Waals surface area contributed by atoms with Crippen molar-refractivity contribution in [3.63, 3.8) is 0 Å². The van der Waals surface area contributed by atoms with Gasteiger partial charge in [-0.1, -0.05) is 26.3 Å². The van der Waals surface area contributed by atoms with Gasteiger partial charge in [-0.15, -0.1) is 0 Å². The summed E-state index contributed by atoms with van der Waals surface area (Å²) in [6.45, 7) is 7.75. The minimum Gasteiger partial charge on any atom is -0.339 e. The van der Waals surface area contributed by atoms with E-state index in [1.807, 2.05) is 24.0 Å². The van der Waals surface area contributed by atoms with Crippen molar-refractivity contribution in [2.24, 2.45) is 5.92 Å². The zero-order valence-electron chi connectivity index (χ0n) is 12.4. The van der Waals surface area contributed by atoms with E-state index in [2.05, 4.69) is 19.2 Å². The maximum absolute atomic E-state index is 12.5. The predicted octanol–water partition coefficient (Wildman–Crippen LogP) is 2.69. The second-order valence-electron chi connectivity index (χ2n) is 5.45. The highest BCUT2D eigenvalue weighted by atomic mass is 16.2. The maximum atomic E-state index is 12.5. The first-order chi connectivity index (χ1) is 9.55. The minimum atomic E-state index is -0.00319. The van der Waals surface area contributed by atoms with Gasteiger partial charge in [-0.2, -0.15) is 0 Å². The molecule has 1 aromatic carbocycles. The zero-order chi connectivity index (χ0) is 14.7. The molecule has 0 fully saturated rings. The quantitative estimate of drug-likeness (QED) is 0.897. The van der Waals surface area contributed by atoms with Gasteiger partial charge in [0.05, 0.1) is 6.42 Å². The fourth-order valence-corrected chi connectivity index (χ4v) is 2.39. The summed E-state index contributed by atoms with van der Waals surface area (Å²) in [5, 5.41) is 2.79. The molecule has 0 radical (unpaired) electrons. The summed E-state index contributed by atoms with van der Waals surface area (Å²) in [6, 6.07) is 5.49. The van der Waals surface area contributed by atoms with E-state index in [4.69, 9.17) is 0 Å². The Labute approximate surface area is 120 Å². The summed E-state index contributed by atoms with van der Waals surface area (Å²) in [4.78, 5) is 25.7. The molecule has 1 heterocycles. The molecule has 0 saturated heterocycles. The van der Waals surface area contributed by atoms with Crippen molar-refractivity contribution < 1.29 is 9.59 Å². The maximum Gasteiger partial charge on any atom is 0.253 e. The van der Waals surface area contributed by atoms with Gasteiger partial charge in [-0.3, -0.25) is 9.59 Å². The van der Waals surface area contributed by atoms with Crippen LogP contribution in [0.4, 0.5) is 5.69 Å². The molecule has 2 amide bonds. The third-order valence-electron chi connectivity index (χ3n) is 3.88. The topological polar surface area (TPSA) is 49.4 Å². The van der Waals surface area contributed by atoms with E-state index in [0.29, 0.717) is 24.4 Å². The lowest BCUT2D eigenvalue weighted by atomic mass is 10.1. The third kappa shape index (κ3) is 3.00. The molecule has 4 nitrogen and oxygen atoms in total. The Kier molecular flexibility index (Phi) is 4.42. The number of carbonyl (C=O) groups is 2. The summed E-state index contributed by atoms with van der Waals surface area (Å²) in [7, 11) is 0. The second kappa shape index (κ2) is 6.07. The van der Waals surface area contributed by atoms with Gasteiger partial charge in [-0.25, -0.2) is 0 Å².